The predicted octanol–water partition coefficient (Wildman–Crippen LogP) is 3.92. The molecular weight excluding hydrogens is 214 g/mol. The molecule has 0 unspecified atom stereocenters. The number of benzene rings is 1. The molecule has 0 saturated heterocycles. The fraction of sp³-hybridized carbons (Fsp3) is 0.571. The zero-order chi connectivity index (χ0) is 11.8. The van der Waals surface area contributed by atoms with Crippen molar-refractivity contribution in [1.82, 2.24) is 0 Å². The lowest BCUT2D eigenvalue weighted by Gasteiger charge is -2.21. The van der Waals surface area contributed by atoms with E-state index in [0.717, 1.165) is 12.3 Å². The second kappa shape index (κ2) is 7.61. The molecule has 16 heavy (non-hydrogen) atoms. The average molecular weight is 237 g/mol. The molecule has 1 rings (SSSR count). The van der Waals surface area contributed by atoms with Gasteiger partial charge in [0.1, 0.15) is 0 Å². The first-order valence-corrected chi connectivity index (χ1v) is 6.76. The Hall–Kier alpha value is -0.630. The lowest BCUT2D eigenvalue weighted by atomic mass is 10.1. The Bertz CT molecular complexity index is 299. The maximum atomic E-state index is 4.22. The Kier molecular flexibility index (Phi) is 6.39. The van der Waals surface area contributed by atoms with Crippen LogP contribution in [0.4, 0.5) is 5.69 Å². The molecule has 0 heterocycles. The zero-order valence-electron chi connectivity index (χ0n) is 10.4. The van der Waals surface area contributed by atoms with E-state index in [1.54, 1.807) is 0 Å². The fourth-order valence-electron chi connectivity index (χ4n) is 1.93. The van der Waals surface area contributed by atoms with Crippen molar-refractivity contribution in [2.75, 3.05) is 24.2 Å². The monoisotopic (exact) mass is 237 g/mol. The van der Waals surface area contributed by atoms with Gasteiger partial charge in [-0.2, -0.15) is 12.6 Å². The van der Waals surface area contributed by atoms with E-state index in [4.69, 9.17) is 0 Å². The summed E-state index contributed by atoms with van der Waals surface area (Å²) >= 11 is 4.22. The van der Waals surface area contributed by atoms with Gasteiger partial charge in [-0.1, -0.05) is 31.0 Å². The van der Waals surface area contributed by atoms with Crippen molar-refractivity contribution in [3.8, 4) is 0 Å². The Balaban J connectivity index is 2.30. The van der Waals surface area contributed by atoms with Crippen molar-refractivity contribution >= 4 is 18.3 Å². The highest BCUT2D eigenvalue weighted by atomic mass is 32.1. The first-order valence-electron chi connectivity index (χ1n) is 6.13. The summed E-state index contributed by atoms with van der Waals surface area (Å²) < 4.78 is 0. The molecule has 1 nitrogen and oxygen atoms in total. The van der Waals surface area contributed by atoms with Crippen molar-refractivity contribution in [2.45, 2.75) is 32.6 Å². The molecule has 1 aromatic rings. The van der Waals surface area contributed by atoms with Gasteiger partial charge in [-0.3, -0.25) is 0 Å². The molecule has 0 N–H and O–H groups in total. The van der Waals surface area contributed by atoms with E-state index in [2.05, 4.69) is 55.8 Å². The van der Waals surface area contributed by atoms with Gasteiger partial charge in [-0.25, -0.2) is 0 Å². The number of hydrogen-bond acceptors (Lipinski definition) is 2. The molecule has 90 valence electrons. The van der Waals surface area contributed by atoms with Crippen LogP contribution in [-0.4, -0.2) is 19.3 Å². The second-order valence-corrected chi connectivity index (χ2v) is 4.79. The summed E-state index contributed by atoms with van der Waals surface area (Å²) in [6.45, 7) is 3.32. The summed E-state index contributed by atoms with van der Waals surface area (Å²) in [6.07, 6.45) is 5.15. The molecule has 0 aliphatic heterocycles. The highest BCUT2D eigenvalue weighted by molar-refractivity contribution is 7.80. The van der Waals surface area contributed by atoms with E-state index >= 15 is 0 Å². The summed E-state index contributed by atoms with van der Waals surface area (Å²) in [5, 5.41) is 0. The second-order valence-electron chi connectivity index (χ2n) is 4.35. The predicted molar refractivity (Wildman–Crippen MR) is 76.8 cm³/mol. The number of hydrogen-bond donors (Lipinski definition) is 1. The van der Waals surface area contributed by atoms with Gasteiger partial charge >= 0.3 is 0 Å². The van der Waals surface area contributed by atoms with E-state index in [-0.39, 0.29) is 0 Å². The van der Waals surface area contributed by atoms with Gasteiger partial charge in [-0.15, -0.1) is 0 Å². The molecule has 0 aromatic heterocycles. The zero-order valence-corrected chi connectivity index (χ0v) is 11.3. The molecule has 0 radical (unpaired) electrons. The van der Waals surface area contributed by atoms with Crippen LogP contribution in [0.15, 0.2) is 24.3 Å². The lowest BCUT2D eigenvalue weighted by molar-refractivity contribution is 0.664. The van der Waals surface area contributed by atoms with Crippen LogP contribution in [0.3, 0.4) is 0 Å². The van der Waals surface area contributed by atoms with E-state index in [9.17, 15) is 0 Å². The first kappa shape index (κ1) is 13.4. The number of anilines is 1. The minimum absolute atomic E-state index is 1.02. The number of aryl methyl sites for hydroxylation is 1. The van der Waals surface area contributed by atoms with Crippen LogP contribution >= 0.6 is 12.6 Å². The third kappa shape index (κ3) is 4.48. The Morgan fingerprint density at radius 2 is 1.75 bits per heavy atom. The Morgan fingerprint density at radius 3 is 2.44 bits per heavy atom. The minimum atomic E-state index is 1.02. The summed E-state index contributed by atoms with van der Waals surface area (Å²) in [4.78, 5) is 2.36. The molecule has 0 amide bonds. The molecule has 0 saturated carbocycles. The van der Waals surface area contributed by atoms with Crippen molar-refractivity contribution in [3.05, 3.63) is 29.8 Å². The van der Waals surface area contributed by atoms with Crippen molar-refractivity contribution in [1.29, 1.82) is 0 Å². The van der Waals surface area contributed by atoms with Gasteiger partial charge < -0.3 is 4.90 Å². The first-order chi connectivity index (χ1) is 7.75. The van der Waals surface area contributed by atoms with Gasteiger partial charge in [0.15, 0.2) is 0 Å². The number of rotatable bonds is 7. The third-order valence-electron chi connectivity index (χ3n) is 2.93. The molecule has 0 atom stereocenters. The maximum Gasteiger partial charge on any atom is 0.0393 e. The standard InChI is InChI=1S/C14H23NS/c1-13-9-5-6-10-14(13)15(2)11-7-3-4-8-12-16/h5-6,9-10,16H,3-4,7-8,11-12H2,1-2H3. The summed E-state index contributed by atoms with van der Waals surface area (Å²) in [7, 11) is 2.18. The smallest absolute Gasteiger partial charge is 0.0393 e. The van der Waals surface area contributed by atoms with Crippen LogP contribution < -0.4 is 4.90 Å². The van der Waals surface area contributed by atoms with Crippen LogP contribution in [0.25, 0.3) is 0 Å². The number of para-hydroxylation sites is 1. The van der Waals surface area contributed by atoms with Gasteiger partial charge in [0.2, 0.25) is 0 Å². The van der Waals surface area contributed by atoms with Crippen molar-refractivity contribution < 1.29 is 0 Å². The molecule has 0 bridgehead atoms. The number of unbranched alkanes of at least 4 members (excludes halogenated alkanes) is 3. The highest BCUT2D eigenvalue weighted by Crippen LogP contribution is 2.18. The van der Waals surface area contributed by atoms with Crippen LogP contribution in [0.2, 0.25) is 0 Å². The molecular formula is C14H23NS. The van der Waals surface area contributed by atoms with E-state index in [1.807, 2.05) is 0 Å². The van der Waals surface area contributed by atoms with Crippen molar-refractivity contribution in [2.24, 2.45) is 0 Å². The number of nitrogens with zero attached hydrogens (tertiary/aromatic N) is 1. The molecule has 2 heteroatoms. The van der Waals surface area contributed by atoms with Crippen LogP contribution in [-0.2, 0) is 0 Å². The summed E-state index contributed by atoms with van der Waals surface area (Å²) in [5.41, 5.74) is 2.72. The van der Waals surface area contributed by atoms with E-state index in [0.29, 0.717) is 0 Å². The largest absolute Gasteiger partial charge is 0.374 e. The molecule has 0 fully saturated rings. The minimum Gasteiger partial charge on any atom is -0.374 e. The van der Waals surface area contributed by atoms with E-state index in [1.165, 1.54) is 36.9 Å². The van der Waals surface area contributed by atoms with Gasteiger partial charge in [0.25, 0.3) is 0 Å². The summed E-state index contributed by atoms with van der Waals surface area (Å²) in [5.74, 6) is 1.02. The molecule has 0 spiro atoms. The fourth-order valence-corrected chi connectivity index (χ4v) is 2.15. The van der Waals surface area contributed by atoms with E-state index < -0.39 is 0 Å². The quantitative estimate of drug-likeness (QED) is 0.555. The van der Waals surface area contributed by atoms with Crippen LogP contribution in [0, 0.1) is 6.92 Å². The van der Waals surface area contributed by atoms with Crippen LogP contribution in [0.1, 0.15) is 31.2 Å². The SMILES string of the molecule is Cc1ccccc1N(C)CCCCCCS. The lowest BCUT2D eigenvalue weighted by Crippen LogP contribution is -2.19. The van der Waals surface area contributed by atoms with Crippen LogP contribution in [0.5, 0.6) is 0 Å². The molecule has 0 aliphatic carbocycles. The normalized spacial score (nSPS) is 10.4. The Morgan fingerprint density at radius 1 is 1.06 bits per heavy atom. The van der Waals surface area contributed by atoms with Gasteiger partial charge in [0.05, 0.1) is 0 Å². The van der Waals surface area contributed by atoms with Gasteiger partial charge in [-0.05, 0) is 37.1 Å². The van der Waals surface area contributed by atoms with Gasteiger partial charge in [0, 0.05) is 19.3 Å². The Labute approximate surface area is 105 Å². The topological polar surface area (TPSA) is 3.24 Å². The third-order valence-corrected chi connectivity index (χ3v) is 3.24. The molecule has 1 aromatic carbocycles. The maximum absolute atomic E-state index is 4.22. The highest BCUT2D eigenvalue weighted by Gasteiger charge is 2.02. The summed E-state index contributed by atoms with van der Waals surface area (Å²) in [6, 6.07) is 8.58. The average Bonchev–Trinajstić information content (AvgIpc) is 2.29. The van der Waals surface area contributed by atoms with Crippen molar-refractivity contribution in [3.63, 3.8) is 0 Å². The molecule has 0 aliphatic rings. The number of thiol groups is 1.